The average molecular weight is 393 g/mol. The van der Waals surface area contributed by atoms with Crippen LogP contribution in [0.15, 0.2) is 54.1 Å². The van der Waals surface area contributed by atoms with Crippen molar-refractivity contribution in [2.24, 2.45) is 0 Å². The Bertz CT molecular complexity index is 992. The van der Waals surface area contributed by atoms with Gasteiger partial charge < -0.3 is 20.1 Å². The summed E-state index contributed by atoms with van der Waals surface area (Å²) in [6, 6.07) is 15.1. The van der Waals surface area contributed by atoms with E-state index < -0.39 is 18.5 Å². The highest BCUT2D eigenvalue weighted by Gasteiger charge is 2.13. The number of benzene rings is 2. The topological polar surface area (TPSA) is 118 Å². The fourth-order valence-electron chi connectivity index (χ4n) is 2.32. The van der Waals surface area contributed by atoms with Gasteiger partial charge in [0.25, 0.3) is 5.91 Å². The molecule has 0 heterocycles. The zero-order chi connectivity index (χ0) is 21.2. The minimum Gasteiger partial charge on any atom is -0.497 e. The van der Waals surface area contributed by atoms with Crippen molar-refractivity contribution in [1.82, 2.24) is 0 Å². The van der Waals surface area contributed by atoms with Crippen LogP contribution >= 0.6 is 0 Å². The molecule has 0 spiro atoms. The van der Waals surface area contributed by atoms with Gasteiger partial charge in [-0.25, -0.2) is 4.79 Å². The number of methoxy groups -OCH3 is 1. The van der Waals surface area contributed by atoms with E-state index >= 15 is 0 Å². The van der Waals surface area contributed by atoms with Crippen LogP contribution in [0.5, 0.6) is 5.75 Å². The quantitative estimate of drug-likeness (QED) is 0.424. The molecule has 0 aliphatic heterocycles. The first-order chi connectivity index (χ1) is 13.9. The monoisotopic (exact) mass is 393 g/mol. The Morgan fingerprint density at radius 1 is 1.07 bits per heavy atom. The Hall–Kier alpha value is -4.12. The molecule has 0 saturated carbocycles. The summed E-state index contributed by atoms with van der Waals surface area (Å²) < 4.78 is 10.0. The molecule has 29 heavy (non-hydrogen) atoms. The van der Waals surface area contributed by atoms with E-state index in [1.54, 1.807) is 54.6 Å². The smallest absolute Gasteiger partial charge is 0.349 e. The largest absolute Gasteiger partial charge is 0.497 e. The normalized spacial score (nSPS) is 10.4. The van der Waals surface area contributed by atoms with Crippen molar-refractivity contribution in [3.05, 3.63) is 59.7 Å². The third-order valence-corrected chi connectivity index (χ3v) is 3.55. The molecule has 8 heteroatoms. The molecular formula is C21H19N3O5. The molecule has 0 radical (unpaired) electrons. The number of nitrogens with one attached hydrogen (secondary N) is 2. The van der Waals surface area contributed by atoms with Crippen LogP contribution in [0.2, 0.25) is 0 Å². The molecule has 0 atom stereocenters. The number of ether oxygens (including phenoxy) is 2. The van der Waals surface area contributed by atoms with Gasteiger partial charge >= 0.3 is 5.97 Å². The third-order valence-electron chi connectivity index (χ3n) is 3.55. The molecule has 2 rings (SSSR count). The summed E-state index contributed by atoms with van der Waals surface area (Å²) in [6.07, 6.45) is 1.35. The number of hydrogen-bond donors (Lipinski definition) is 2. The number of rotatable bonds is 7. The van der Waals surface area contributed by atoms with Crippen LogP contribution in [0, 0.1) is 11.3 Å². The Morgan fingerprint density at radius 3 is 2.41 bits per heavy atom. The molecule has 0 aliphatic rings. The van der Waals surface area contributed by atoms with Gasteiger partial charge in [-0.05, 0) is 42.0 Å². The Labute approximate surface area is 167 Å². The van der Waals surface area contributed by atoms with Gasteiger partial charge in [-0.2, -0.15) is 5.26 Å². The van der Waals surface area contributed by atoms with E-state index in [1.807, 2.05) is 0 Å². The molecule has 2 amide bonds. The van der Waals surface area contributed by atoms with Gasteiger partial charge in [0.1, 0.15) is 17.4 Å². The summed E-state index contributed by atoms with van der Waals surface area (Å²) in [5.74, 6) is -1.17. The maximum Gasteiger partial charge on any atom is 0.349 e. The highest BCUT2D eigenvalue weighted by atomic mass is 16.5. The van der Waals surface area contributed by atoms with Gasteiger partial charge in [0.15, 0.2) is 6.61 Å². The van der Waals surface area contributed by atoms with E-state index in [1.165, 1.54) is 20.1 Å². The van der Waals surface area contributed by atoms with E-state index in [0.717, 1.165) is 0 Å². The van der Waals surface area contributed by atoms with Crippen molar-refractivity contribution in [2.75, 3.05) is 24.4 Å². The fraction of sp³-hybridized carbons (Fsp3) is 0.143. The molecule has 0 bridgehead atoms. The number of amides is 2. The van der Waals surface area contributed by atoms with Crippen LogP contribution in [0.4, 0.5) is 11.4 Å². The zero-order valence-electron chi connectivity index (χ0n) is 15.9. The van der Waals surface area contributed by atoms with Crippen molar-refractivity contribution in [1.29, 1.82) is 5.26 Å². The maximum absolute atomic E-state index is 12.1. The highest BCUT2D eigenvalue weighted by molar-refractivity contribution is 6.00. The van der Waals surface area contributed by atoms with E-state index in [2.05, 4.69) is 10.6 Å². The van der Waals surface area contributed by atoms with E-state index in [4.69, 9.17) is 9.47 Å². The van der Waals surface area contributed by atoms with Gasteiger partial charge in [0, 0.05) is 18.3 Å². The summed E-state index contributed by atoms with van der Waals surface area (Å²) in [5, 5.41) is 14.3. The number of hydrogen-bond acceptors (Lipinski definition) is 6. The first-order valence-electron chi connectivity index (χ1n) is 8.51. The number of esters is 1. The van der Waals surface area contributed by atoms with E-state index in [-0.39, 0.29) is 11.5 Å². The lowest BCUT2D eigenvalue weighted by atomic mass is 10.1. The van der Waals surface area contributed by atoms with Crippen molar-refractivity contribution in [3.8, 4) is 11.8 Å². The van der Waals surface area contributed by atoms with Crippen LogP contribution in [0.25, 0.3) is 6.08 Å². The van der Waals surface area contributed by atoms with Crippen molar-refractivity contribution >= 4 is 35.2 Å². The highest BCUT2D eigenvalue weighted by Crippen LogP contribution is 2.16. The lowest BCUT2D eigenvalue weighted by Crippen LogP contribution is -2.21. The maximum atomic E-state index is 12.1. The SMILES string of the molecule is COc1cccc(/C=C(\C#N)C(=O)OCC(=O)Nc2cccc(NC(C)=O)c2)c1. The van der Waals surface area contributed by atoms with Crippen molar-refractivity contribution < 1.29 is 23.9 Å². The predicted octanol–water partition coefficient (Wildman–Crippen LogP) is 2.74. The van der Waals surface area contributed by atoms with Crippen LogP contribution in [0.3, 0.4) is 0 Å². The van der Waals surface area contributed by atoms with Gasteiger partial charge in [-0.3, -0.25) is 9.59 Å². The van der Waals surface area contributed by atoms with Crippen LogP contribution in [-0.2, 0) is 19.1 Å². The molecule has 2 aromatic carbocycles. The molecule has 0 saturated heterocycles. The molecule has 2 aromatic rings. The Kier molecular flexibility index (Phi) is 7.51. The number of nitrogens with zero attached hydrogens (tertiary/aromatic N) is 1. The molecule has 0 aromatic heterocycles. The third kappa shape index (κ3) is 6.84. The summed E-state index contributed by atoms with van der Waals surface area (Å²) in [7, 11) is 1.51. The van der Waals surface area contributed by atoms with Crippen LogP contribution in [-0.4, -0.2) is 31.5 Å². The van der Waals surface area contributed by atoms with Gasteiger partial charge in [0.2, 0.25) is 5.91 Å². The van der Waals surface area contributed by atoms with Gasteiger partial charge in [-0.1, -0.05) is 18.2 Å². The van der Waals surface area contributed by atoms with Crippen molar-refractivity contribution in [3.63, 3.8) is 0 Å². The summed E-state index contributed by atoms with van der Waals surface area (Å²) in [6.45, 7) is 0.802. The fourth-order valence-corrected chi connectivity index (χ4v) is 2.32. The first kappa shape index (κ1) is 21.2. The Balaban J connectivity index is 1.96. The molecule has 2 N–H and O–H groups in total. The summed E-state index contributed by atoms with van der Waals surface area (Å²) in [5.41, 5.74) is 1.26. The standard InChI is InChI=1S/C21H19N3O5/c1-14(25)23-17-6-4-7-18(11-17)24-20(26)13-29-21(27)16(12-22)9-15-5-3-8-19(10-15)28-2/h3-11H,13H2,1-2H3,(H,23,25)(H,24,26)/b16-9+. The van der Waals surface area contributed by atoms with Gasteiger partial charge in [0.05, 0.1) is 7.11 Å². The van der Waals surface area contributed by atoms with Crippen LogP contribution < -0.4 is 15.4 Å². The molecule has 0 aliphatic carbocycles. The zero-order valence-corrected chi connectivity index (χ0v) is 15.9. The molecule has 8 nitrogen and oxygen atoms in total. The lowest BCUT2D eigenvalue weighted by molar-refractivity contribution is -0.142. The summed E-state index contributed by atoms with van der Waals surface area (Å²) in [4.78, 5) is 35.2. The molecule has 0 fully saturated rings. The van der Waals surface area contributed by atoms with Crippen molar-refractivity contribution in [2.45, 2.75) is 6.92 Å². The molecule has 148 valence electrons. The second kappa shape index (κ2) is 10.3. The molecular weight excluding hydrogens is 374 g/mol. The number of nitriles is 1. The minimum atomic E-state index is -0.919. The second-order valence-electron chi connectivity index (χ2n) is 5.83. The number of carbonyl (C=O) groups excluding carboxylic acids is 3. The second-order valence-corrected chi connectivity index (χ2v) is 5.83. The Morgan fingerprint density at radius 2 is 1.76 bits per heavy atom. The van der Waals surface area contributed by atoms with E-state index in [0.29, 0.717) is 22.7 Å². The number of anilines is 2. The van der Waals surface area contributed by atoms with Gasteiger partial charge in [-0.15, -0.1) is 0 Å². The minimum absolute atomic E-state index is 0.241. The van der Waals surface area contributed by atoms with Crippen LogP contribution in [0.1, 0.15) is 12.5 Å². The number of carbonyl (C=O) groups is 3. The van der Waals surface area contributed by atoms with E-state index in [9.17, 15) is 19.6 Å². The summed E-state index contributed by atoms with van der Waals surface area (Å²) >= 11 is 0. The predicted molar refractivity (Wildman–Crippen MR) is 107 cm³/mol. The molecule has 0 unspecified atom stereocenters. The average Bonchev–Trinajstić information content (AvgIpc) is 2.70. The first-order valence-corrected chi connectivity index (χ1v) is 8.51. The lowest BCUT2D eigenvalue weighted by Gasteiger charge is -2.08.